The molecule has 15 heavy (non-hydrogen) atoms. The fraction of sp³-hybridized carbons (Fsp3) is 0.182. The van der Waals surface area contributed by atoms with E-state index in [1.165, 1.54) is 12.1 Å². The Morgan fingerprint density at radius 3 is 3.07 bits per heavy atom. The predicted octanol–water partition coefficient (Wildman–Crippen LogP) is 1.38. The van der Waals surface area contributed by atoms with Crippen LogP contribution in [-0.4, -0.2) is 17.3 Å². The van der Waals surface area contributed by atoms with E-state index < -0.39 is 6.04 Å². The predicted molar refractivity (Wildman–Crippen MR) is 56.0 cm³/mol. The van der Waals surface area contributed by atoms with E-state index >= 15 is 0 Å². The van der Waals surface area contributed by atoms with E-state index in [4.69, 9.17) is 5.73 Å². The zero-order valence-electron chi connectivity index (χ0n) is 8.03. The van der Waals surface area contributed by atoms with Gasteiger partial charge in [-0.05, 0) is 30.2 Å². The highest BCUT2D eigenvalue weighted by Gasteiger charge is 2.08. The highest BCUT2D eigenvalue weighted by Crippen LogP contribution is 2.19. The smallest absolute Gasteiger partial charge is 0.137 e. The third-order valence-corrected chi connectivity index (χ3v) is 2.36. The van der Waals surface area contributed by atoms with Gasteiger partial charge >= 0.3 is 0 Å². The molecule has 1 heterocycles. The monoisotopic (exact) mass is 206 g/mol. The number of fused-ring (bicyclic) bond motifs is 1. The van der Waals surface area contributed by atoms with E-state index in [0.717, 1.165) is 16.5 Å². The van der Waals surface area contributed by atoms with Crippen LogP contribution in [0.3, 0.4) is 0 Å². The number of nitrogens with one attached hydrogen (secondary N) is 1. The number of aldehydes is 1. The first-order valence-corrected chi connectivity index (χ1v) is 4.67. The second kappa shape index (κ2) is 3.82. The summed E-state index contributed by atoms with van der Waals surface area (Å²) in [6, 6.07) is 4.00. The molecule has 0 radical (unpaired) electrons. The number of aromatic amines is 1. The van der Waals surface area contributed by atoms with Crippen molar-refractivity contribution < 1.29 is 9.18 Å². The lowest BCUT2D eigenvalue weighted by Crippen LogP contribution is -2.23. The summed E-state index contributed by atoms with van der Waals surface area (Å²) in [5.41, 5.74) is 7.19. The Morgan fingerprint density at radius 2 is 2.33 bits per heavy atom. The average Bonchev–Trinajstić information content (AvgIpc) is 2.60. The summed E-state index contributed by atoms with van der Waals surface area (Å²) in [5, 5.41) is 0.911. The summed E-state index contributed by atoms with van der Waals surface area (Å²) >= 11 is 0. The second-order valence-corrected chi connectivity index (χ2v) is 3.51. The number of rotatable bonds is 3. The number of H-pyrrole nitrogens is 1. The van der Waals surface area contributed by atoms with Gasteiger partial charge in [-0.3, -0.25) is 0 Å². The molecule has 1 aromatic heterocycles. The normalized spacial score (nSPS) is 12.9. The number of carbonyl (C=O) groups excluding carboxylic acids is 1. The lowest BCUT2D eigenvalue weighted by molar-refractivity contribution is -0.108. The number of carbonyl (C=O) groups is 1. The van der Waals surface area contributed by atoms with Crippen LogP contribution in [0, 0.1) is 5.82 Å². The Kier molecular flexibility index (Phi) is 2.51. The first-order chi connectivity index (χ1) is 7.20. The van der Waals surface area contributed by atoms with Crippen molar-refractivity contribution >= 4 is 17.2 Å². The molecule has 0 aliphatic heterocycles. The Bertz CT molecular complexity index is 492. The molecule has 2 aromatic rings. The van der Waals surface area contributed by atoms with E-state index in [-0.39, 0.29) is 5.82 Å². The summed E-state index contributed by atoms with van der Waals surface area (Å²) in [5.74, 6) is -0.282. The number of benzene rings is 1. The van der Waals surface area contributed by atoms with Gasteiger partial charge in [-0.1, -0.05) is 0 Å². The van der Waals surface area contributed by atoms with Gasteiger partial charge in [0.25, 0.3) is 0 Å². The third kappa shape index (κ3) is 1.89. The van der Waals surface area contributed by atoms with Crippen molar-refractivity contribution in [2.75, 3.05) is 0 Å². The molecule has 0 saturated heterocycles. The van der Waals surface area contributed by atoms with Gasteiger partial charge in [0, 0.05) is 17.1 Å². The lowest BCUT2D eigenvalue weighted by atomic mass is 10.1. The SMILES string of the molecule is NC(C=O)Cc1c[nH]c2cc(F)ccc12. The average molecular weight is 206 g/mol. The largest absolute Gasteiger partial charge is 0.361 e. The Hall–Kier alpha value is -1.68. The van der Waals surface area contributed by atoms with Gasteiger partial charge < -0.3 is 15.5 Å². The summed E-state index contributed by atoms with van der Waals surface area (Å²) in [4.78, 5) is 13.4. The second-order valence-electron chi connectivity index (χ2n) is 3.51. The van der Waals surface area contributed by atoms with Crippen molar-refractivity contribution in [3.8, 4) is 0 Å². The van der Waals surface area contributed by atoms with Crippen LogP contribution in [0.1, 0.15) is 5.56 Å². The van der Waals surface area contributed by atoms with Crippen molar-refractivity contribution in [3.05, 3.63) is 35.8 Å². The van der Waals surface area contributed by atoms with Crippen molar-refractivity contribution in [3.63, 3.8) is 0 Å². The van der Waals surface area contributed by atoms with E-state index in [2.05, 4.69) is 4.98 Å². The number of halogens is 1. The molecule has 3 N–H and O–H groups in total. The van der Waals surface area contributed by atoms with Crippen molar-refractivity contribution in [1.82, 2.24) is 4.98 Å². The number of aromatic nitrogens is 1. The molecular formula is C11H11FN2O. The van der Waals surface area contributed by atoms with Gasteiger partial charge in [-0.25, -0.2) is 4.39 Å². The van der Waals surface area contributed by atoms with E-state index in [0.29, 0.717) is 12.7 Å². The molecule has 1 atom stereocenters. The number of nitrogens with two attached hydrogens (primary N) is 1. The summed E-state index contributed by atoms with van der Waals surface area (Å²) < 4.78 is 12.9. The van der Waals surface area contributed by atoms with Gasteiger partial charge in [0.05, 0.1) is 6.04 Å². The van der Waals surface area contributed by atoms with Crippen LogP contribution in [0.2, 0.25) is 0 Å². The van der Waals surface area contributed by atoms with Crippen LogP contribution < -0.4 is 5.73 Å². The Labute approximate surface area is 86.1 Å². The van der Waals surface area contributed by atoms with Crippen LogP contribution in [0.15, 0.2) is 24.4 Å². The zero-order valence-corrected chi connectivity index (χ0v) is 8.03. The highest BCUT2D eigenvalue weighted by molar-refractivity contribution is 5.83. The van der Waals surface area contributed by atoms with Gasteiger partial charge in [0.2, 0.25) is 0 Å². The standard InChI is InChI=1S/C11H11FN2O/c12-8-1-2-10-7(3-9(13)6-15)5-14-11(10)4-8/h1-2,4-6,9,14H,3,13H2. The van der Waals surface area contributed by atoms with Crippen LogP contribution >= 0.6 is 0 Å². The highest BCUT2D eigenvalue weighted by atomic mass is 19.1. The third-order valence-electron chi connectivity index (χ3n) is 2.36. The minimum Gasteiger partial charge on any atom is -0.361 e. The fourth-order valence-electron chi connectivity index (χ4n) is 1.63. The van der Waals surface area contributed by atoms with Crippen molar-refractivity contribution in [2.24, 2.45) is 5.73 Å². The molecule has 0 saturated carbocycles. The van der Waals surface area contributed by atoms with E-state index in [1.54, 1.807) is 12.3 Å². The van der Waals surface area contributed by atoms with Gasteiger partial charge in [-0.2, -0.15) is 0 Å². The molecule has 0 fully saturated rings. The number of hydrogen-bond donors (Lipinski definition) is 2. The van der Waals surface area contributed by atoms with Gasteiger partial charge in [0.15, 0.2) is 0 Å². The first-order valence-electron chi connectivity index (χ1n) is 4.67. The maximum atomic E-state index is 12.9. The molecule has 0 amide bonds. The van der Waals surface area contributed by atoms with Gasteiger partial charge in [-0.15, -0.1) is 0 Å². The molecule has 0 spiro atoms. The topological polar surface area (TPSA) is 58.9 Å². The molecule has 0 bridgehead atoms. The molecule has 4 heteroatoms. The summed E-state index contributed by atoms with van der Waals surface area (Å²) in [7, 11) is 0. The van der Waals surface area contributed by atoms with Crippen molar-refractivity contribution in [2.45, 2.75) is 12.5 Å². The minimum atomic E-state index is -0.506. The molecule has 1 aromatic carbocycles. The Morgan fingerprint density at radius 1 is 1.53 bits per heavy atom. The lowest BCUT2D eigenvalue weighted by Gasteiger charge is -2.01. The Balaban J connectivity index is 2.40. The molecule has 0 aliphatic rings. The summed E-state index contributed by atoms with van der Waals surface area (Å²) in [6.45, 7) is 0. The van der Waals surface area contributed by atoms with Crippen LogP contribution in [-0.2, 0) is 11.2 Å². The van der Waals surface area contributed by atoms with E-state index in [9.17, 15) is 9.18 Å². The molecule has 3 nitrogen and oxygen atoms in total. The van der Waals surface area contributed by atoms with Crippen molar-refractivity contribution in [1.29, 1.82) is 0 Å². The van der Waals surface area contributed by atoms with Crippen LogP contribution in [0.4, 0.5) is 4.39 Å². The zero-order chi connectivity index (χ0) is 10.8. The summed E-state index contributed by atoms with van der Waals surface area (Å²) in [6.07, 6.45) is 2.94. The molecule has 1 unspecified atom stereocenters. The minimum absolute atomic E-state index is 0.282. The maximum Gasteiger partial charge on any atom is 0.137 e. The fourth-order valence-corrected chi connectivity index (χ4v) is 1.63. The maximum absolute atomic E-state index is 12.9. The quantitative estimate of drug-likeness (QED) is 0.745. The first kappa shape index (κ1) is 9.86. The van der Waals surface area contributed by atoms with Crippen LogP contribution in [0.25, 0.3) is 10.9 Å². The van der Waals surface area contributed by atoms with Gasteiger partial charge in [0.1, 0.15) is 12.1 Å². The molecule has 0 aliphatic carbocycles. The molecular weight excluding hydrogens is 195 g/mol. The van der Waals surface area contributed by atoms with E-state index in [1.807, 2.05) is 0 Å². The molecule has 2 rings (SSSR count). The molecule has 78 valence electrons. The number of hydrogen-bond acceptors (Lipinski definition) is 2. The van der Waals surface area contributed by atoms with Crippen LogP contribution in [0.5, 0.6) is 0 Å².